The van der Waals surface area contributed by atoms with E-state index in [9.17, 15) is 9.59 Å². The van der Waals surface area contributed by atoms with Crippen molar-refractivity contribution in [2.75, 3.05) is 13.2 Å². The number of phenols is 1. The van der Waals surface area contributed by atoms with E-state index in [1.165, 1.54) is 12.1 Å². The van der Waals surface area contributed by atoms with Crippen molar-refractivity contribution in [3.63, 3.8) is 0 Å². The van der Waals surface area contributed by atoms with Crippen molar-refractivity contribution in [2.45, 2.75) is 19.4 Å². The Morgan fingerprint density at radius 1 is 1.37 bits per heavy atom. The maximum Gasteiger partial charge on any atom is 0.325 e. The van der Waals surface area contributed by atoms with Crippen LogP contribution in [0, 0.1) is 0 Å². The minimum absolute atomic E-state index is 0.157. The molecule has 1 atom stereocenters. The zero-order valence-electron chi connectivity index (χ0n) is 10.8. The quantitative estimate of drug-likeness (QED) is 0.626. The lowest BCUT2D eigenvalue weighted by atomic mass is 10.1. The SMILES string of the molecule is CCOC(=O)CNC(=O)C(N)Cc1ccc(O)cc1. The first-order valence-corrected chi connectivity index (χ1v) is 5.99. The second kappa shape index (κ2) is 7.38. The Bertz CT molecular complexity index is 431. The van der Waals surface area contributed by atoms with Crippen molar-refractivity contribution >= 4 is 11.9 Å². The van der Waals surface area contributed by atoms with Gasteiger partial charge in [-0.05, 0) is 31.0 Å². The molecule has 0 bridgehead atoms. The first-order valence-electron chi connectivity index (χ1n) is 5.99. The van der Waals surface area contributed by atoms with Gasteiger partial charge in [0.15, 0.2) is 0 Å². The van der Waals surface area contributed by atoms with Gasteiger partial charge < -0.3 is 20.9 Å². The lowest BCUT2D eigenvalue weighted by molar-refractivity contribution is -0.143. The molecule has 0 fully saturated rings. The van der Waals surface area contributed by atoms with E-state index in [2.05, 4.69) is 10.1 Å². The van der Waals surface area contributed by atoms with Crippen LogP contribution < -0.4 is 11.1 Å². The largest absolute Gasteiger partial charge is 0.508 e. The van der Waals surface area contributed by atoms with E-state index >= 15 is 0 Å². The average Bonchev–Trinajstić information content (AvgIpc) is 2.39. The van der Waals surface area contributed by atoms with E-state index in [0.29, 0.717) is 6.42 Å². The van der Waals surface area contributed by atoms with E-state index in [-0.39, 0.29) is 18.9 Å². The standard InChI is InChI=1S/C13H18N2O4/c1-2-19-12(17)8-15-13(18)11(14)7-9-3-5-10(16)6-4-9/h3-6,11,16H,2,7-8,14H2,1H3,(H,15,18). The molecule has 0 heterocycles. The smallest absolute Gasteiger partial charge is 0.325 e. The normalized spacial score (nSPS) is 11.7. The number of benzene rings is 1. The van der Waals surface area contributed by atoms with Crippen LogP contribution in [0.1, 0.15) is 12.5 Å². The summed E-state index contributed by atoms with van der Waals surface area (Å²) < 4.78 is 4.68. The maximum absolute atomic E-state index is 11.6. The summed E-state index contributed by atoms with van der Waals surface area (Å²) in [6, 6.07) is 5.68. The summed E-state index contributed by atoms with van der Waals surface area (Å²) in [6.45, 7) is 1.78. The van der Waals surface area contributed by atoms with Crippen molar-refractivity contribution in [1.82, 2.24) is 5.32 Å². The van der Waals surface area contributed by atoms with Crippen LogP contribution in [0.2, 0.25) is 0 Å². The van der Waals surface area contributed by atoms with Crippen LogP contribution in [0.5, 0.6) is 5.75 Å². The molecular formula is C13H18N2O4. The van der Waals surface area contributed by atoms with Gasteiger partial charge in [-0.25, -0.2) is 0 Å². The summed E-state index contributed by atoms with van der Waals surface area (Å²) in [4.78, 5) is 22.7. The van der Waals surface area contributed by atoms with Crippen molar-refractivity contribution in [2.24, 2.45) is 5.73 Å². The van der Waals surface area contributed by atoms with Gasteiger partial charge in [-0.2, -0.15) is 0 Å². The van der Waals surface area contributed by atoms with Gasteiger partial charge in [-0.15, -0.1) is 0 Å². The van der Waals surface area contributed by atoms with Gasteiger partial charge in [-0.1, -0.05) is 12.1 Å². The van der Waals surface area contributed by atoms with Gasteiger partial charge in [-0.3, -0.25) is 9.59 Å². The van der Waals surface area contributed by atoms with Crippen LogP contribution in [-0.2, 0) is 20.7 Å². The number of carbonyl (C=O) groups excluding carboxylic acids is 2. The predicted octanol–water partition coefficient (Wildman–Crippen LogP) is -0.0587. The van der Waals surface area contributed by atoms with Crippen molar-refractivity contribution < 1.29 is 19.4 Å². The molecule has 0 radical (unpaired) electrons. The Hall–Kier alpha value is -2.08. The third-order valence-electron chi connectivity index (χ3n) is 2.44. The number of nitrogens with one attached hydrogen (secondary N) is 1. The minimum atomic E-state index is -0.751. The number of hydrogen-bond acceptors (Lipinski definition) is 5. The molecule has 1 aromatic rings. The highest BCUT2D eigenvalue weighted by Gasteiger charge is 2.15. The van der Waals surface area contributed by atoms with Gasteiger partial charge in [0.05, 0.1) is 12.6 Å². The molecule has 0 aromatic heterocycles. The molecule has 104 valence electrons. The molecule has 0 saturated carbocycles. The van der Waals surface area contributed by atoms with E-state index in [0.717, 1.165) is 5.56 Å². The van der Waals surface area contributed by atoms with Crippen LogP contribution in [0.15, 0.2) is 24.3 Å². The summed E-state index contributed by atoms with van der Waals surface area (Å²) >= 11 is 0. The topological polar surface area (TPSA) is 102 Å². The Morgan fingerprint density at radius 3 is 2.58 bits per heavy atom. The number of esters is 1. The third-order valence-corrected chi connectivity index (χ3v) is 2.44. The highest BCUT2D eigenvalue weighted by atomic mass is 16.5. The van der Waals surface area contributed by atoms with Gasteiger partial charge in [0.1, 0.15) is 12.3 Å². The molecule has 1 amide bonds. The van der Waals surface area contributed by atoms with Gasteiger partial charge in [0.2, 0.25) is 5.91 Å². The first-order chi connectivity index (χ1) is 9.02. The fraction of sp³-hybridized carbons (Fsp3) is 0.385. The van der Waals surface area contributed by atoms with Crippen molar-refractivity contribution in [1.29, 1.82) is 0 Å². The minimum Gasteiger partial charge on any atom is -0.508 e. The van der Waals surface area contributed by atoms with Gasteiger partial charge in [0.25, 0.3) is 0 Å². The highest BCUT2D eigenvalue weighted by molar-refractivity contribution is 5.85. The van der Waals surface area contributed by atoms with E-state index in [1.807, 2.05) is 0 Å². The van der Waals surface area contributed by atoms with Gasteiger partial charge in [0, 0.05) is 0 Å². The number of phenolic OH excluding ortho intramolecular Hbond substituents is 1. The summed E-state index contributed by atoms with van der Waals surface area (Å²) in [5, 5.41) is 11.5. The Balaban J connectivity index is 2.40. The molecule has 1 aromatic carbocycles. The van der Waals surface area contributed by atoms with Crippen molar-refractivity contribution in [3.05, 3.63) is 29.8 Å². The lowest BCUT2D eigenvalue weighted by Crippen LogP contribution is -2.44. The third kappa shape index (κ3) is 5.39. The molecule has 6 heteroatoms. The second-order valence-corrected chi connectivity index (χ2v) is 4.00. The van der Waals surface area contributed by atoms with E-state index in [4.69, 9.17) is 10.8 Å². The molecule has 6 nitrogen and oxygen atoms in total. The highest BCUT2D eigenvalue weighted by Crippen LogP contribution is 2.10. The number of carbonyl (C=O) groups is 2. The lowest BCUT2D eigenvalue weighted by Gasteiger charge is -2.12. The summed E-state index contributed by atoms with van der Waals surface area (Å²) in [5.74, 6) is -0.752. The molecule has 0 aliphatic heterocycles. The molecule has 1 unspecified atom stereocenters. The zero-order valence-corrected chi connectivity index (χ0v) is 10.8. The fourth-order valence-corrected chi connectivity index (χ4v) is 1.48. The number of rotatable bonds is 6. The maximum atomic E-state index is 11.6. The van der Waals surface area contributed by atoms with Crippen molar-refractivity contribution in [3.8, 4) is 5.75 Å². The van der Waals surface area contributed by atoms with Crippen LogP contribution in [0.4, 0.5) is 0 Å². The van der Waals surface area contributed by atoms with Crippen LogP contribution in [0.3, 0.4) is 0 Å². The molecule has 0 saturated heterocycles. The summed E-state index contributed by atoms with van der Waals surface area (Å²) in [7, 11) is 0. The second-order valence-electron chi connectivity index (χ2n) is 4.00. The molecule has 4 N–H and O–H groups in total. The monoisotopic (exact) mass is 266 g/mol. The Kier molecular flexibility index (Phi) is 5.81. The predicted molar refractivity (Wildman–Crippen MR) is 69.4 cm³/mol. The van der Waals surface area contributed by atoms with Crippen LogP contribution in [0.25, 0.3) is 0 Å². The van der Waals surface area contributed by atoms with E-state index in [1.54, 1.807) is 19.1 Å². The fourth-order valence-electron chi connectivity index (χ4n) is 1.48. The molecular weight excluding hydrogens is 248 g/mol. The average molecular weight is 266 g/mol. The number of amides is 1. The molecule has 19 heavy (non-hydrogen) atoms. The number of nitrogens with two attached hydrogens (primary N) is 1. The molecule has 1 rings (SSSR count). The zero-order chi connectivity index (χ0) is 14.3. The molecule has 0 aliphatic rings. The summed E-state index contributed by atoms with van der Waals surface area (Å²) in [5.41, 5.74) is 6.55. The molecule has 0 spiro atoms. The number of hydrogen-bond donors (Lipinski definition) is 3. The van der Waals surface area contributed by atoms with Gasteiger partial charge >= 0.3 is 5.97 Å². The molecule has 0 aliphatic carbocycles. The summed E-state index contributed by atoms with van der Waals surface area (Å²) in [6.07, 6.45) is 0.328. The number of ether oxygens (including phenoxy) is 1. The Labute approximate surface area is 111 Å². The Morgan fingerprint density at radius 2 is 2.00 bits per heavy atom. The van der Waals surface area contributed by atoms with Crippen LogP contribution >= 0.6 is 0 Å². The van der Waals surface area contributed by atoms with Crippen LogP contribution in [-0.4, -0.2) is 36.2 Å². The first kappa shape index (κ1) is 15.0. The van der Waals surface area contributed by atoms with E-state index < -0.39 is 17.9 Å². The number of aromatic hydroxyl groups is 1.